The first kappa shape index (κ1) is 10.8. The van der Waals surface area contributed by atoms with Crippen LogP contribution in [-0.4, -0.2) is 12.6 Å². The van der Waals surface area contributed by atoms with Crippen LogP contribution in [0.2, 0.25) is 0 Å². The lowest BCUT2D eigenvalue weighted by atomic mass is 10.0. The number of benzene rings is 1. The largest absolute Gasteiger partial charge is 0.313 e. The molecule has 0 heterocycles. The number of hydrogen-bond acceptors (Lipinski definition) is 2. The van der Waals surface area contributed by atoms with E-state index in [1.807, 2.05) is 0 Å². The van der Waals surface area contributed by atoms with Gasteiger partial charge in [-0.25, -0.2) is 0 Å². The second kappa shape index (κ2) is 4.16. The van der Waals surface area contributed by atoms with Gasteiger partial charge in [0, 0.05) is 24.9 Å². The molecule has 0 spiro atoms. The molecule has 2 aliphatic rings. The second-order valence-corrected chi connectivity index (χ2v) is 5.58. The average molecular weight is 226 g/mol. The number of rotatable bonds is 5. The lowest BCUT2D eigenvalue weighted by molar-refractivity contribution is 0.462. The fourth-order valence-electron chi connectivity index (χ4n) is 2.60. The van der Waals surface area contributed by atoms with E-state index in [0.717, 1.165) is 13.0 Å². The molecule has 0 saturated heterocycles. The van der Waals surface area contributed by atoms with E-state index in [2.05, 4.69) is 41.7 Å². The molecule has 1 aromatic rings. The molecule has 2 unspecified atom stereocenters. The van der Waals surface area contributed by atoms with E-state index in [0.29, 0.717) is 17.4 Å². The number of nitriles is 1. The lowest BCUT2D eigenvalue weighted by Crippen LogP contribution is -2.26. The molecule has 2 heteroatoms. The van der Waals surface area contributed by atoms with Crippen molar-refractivity contribution in [1.29, 1.82) is 5.26 Å². The van der Waals surface area contributed by atoms with Crippen LogP contribution >= 0.6 is 0 Å². The Morgan fingerprint density at radius 1 is 1.29 bits per heavy atom. The highest BCUT2D eigenvalue weighted by Gasteiger charge is 2.45. The van der Waals surface area contributed by atoms with Crippen LogP contribution < -0.4 is 5.32 Å². The maximum absolute atomic E-state index is 8.77. The van der Waals surface area contributed by atoms with Crippen molar-refractivity contribution in [2.45, 2.75) is 37.6 Å². The predicted octanol–water partition coefficient (Wildman–Crippen LogP) is 2.83. The molecule has 0 bridgehead atoms. The van der Waals surface area contributed by atoms with Crippen LogP contribution in [0.25, 0.3) is 0 Å². The van der Waals surface area contributed by atoms with E-state index >= 15 is 0 Å². The van der Waals surface area contributed by atoms with Crippen molar-refractivity contribution in [2.24, 2.45) is 5.41 Å². The monoisotopic (exact) mass is 226 g/mol. The smallest absolute Gasteiger partial charge is 0.0628 e. The summed E-state index contributed by atoms with van der Waals surface area (Å²) in [6, 6.07) is 13.7. The van der Waals surface area contributed by atoms with Gasteiger partial charge in [0.2, 0.25) is 0 Å². The van der Waals surface area contributed by atoms with Crippen LogP contribution in [0.15, 0.2) is 30.3 Å². The molecule has 17 heavy (non-hydrogen) atoms. The van der Waals surface area contributed by atoms with Crippen molar-refractivity contribution in [3.63, 3.8) is 0 Å². The van der Waals surface area contributed by atoms with Crippen molar-refractivity contribution in [1.82, 2.24) is 5.32 Å². The molecule has 0 aromatic heterocycles. The van der Waals surface area contributed by atoms with Gasteiger partial charge in [-0.1, -0.05) is 30.3 Å². The van der Waals surface area contributed by atoms with Gasteiger partial charge < -0.3 is 5.32 Å². The quantitative estimate of drug-likeness (QED) is 0.838. The Labute approximate surface area is 103 Å². The molecule has 1 aromatic carbocycles. The molecule has 2 nitrogen and oxygen atoms in total. The highest BCUT2D eigenvalue weighted by atomic mass is 15.0. The molecule has 0 aliphatic heterocycles. The SMILES string of the molecule is N#CCC1(CNC2CC2c2ccccc2)CC1. The van der Waals surface area contributed by atoms with Gasteiger partial charge in [-0.05, 0) is 30.2 Å². The van der Waals surface area contributed by atoms with Crippen LogP contribution in [0.1, 0.15) is 37.2 Å². The Morgan fingerprint density at radius 3 is 2.71 bits per heavy atom. The predicted molar refractivity (Wildman–Crippen MR) is 67.5 cm³/mol. The zero-order valence-corrected chi connectivity index (χ0v) is 10.0. The highest BCUT2D eigenvalue weighted by molar-refractivity contribution is 5.27. The molecular weight excluding hydrogens is 208 g/mol. The van der Waals surface area contributed by atoms with Crippen LogP contribution in [0.5, 0.6) is 0 Å². The van der Waals surface area contributed by atoms with E-state index in [4.69, 9.17) is 5.26 Å². The third-order valence-corrected chi connectivity index (χ3v) is 4.17. The van der Waals surface area contributed by atoms with Gasteiger partial charge in [-0.15, -0.1) is 0 Å². The van der Waals surface area contributed by atoms with E-state index in [-0.39, 0.29) is 0 Å². The van der Waals surface area contributed by atoms with Gasteiger partial charge in [0.15, 0.2) is 0 Å². The van der Waals surface area contributed by atoms with Gasteiger partial charge in [0.25, 0.3) is 0 Å². The lowest BCUT2D eigenvalue weighted by Gasteiger charge is -2.12. The fourth-order valence-corrected chi connectivity index (χ4v) is 2.60. The van der Waals surface area contributed by atoms with Crippen LogP contribution in [0, 0.1) is 16.7 Å². The Bertz CT molecular complexity index is 428. The Hall–Kier alpha value is -1.33. The normalized spacial score (nSPS) is 28.4. The second-order valence-electron chi connectivity index (χ2n) is 5.58. The molecule has 2 fully saturated rings. The Balaban J connectivity index is 1.49. The van der Waals surface area contributed by atoms with Crippen molar-refractivity contribution >= 4 is 0 Å². The number of nitrogens with zero attached hydrogens (tertiary/aromatic N) is 1. The third-order valence-electron chi connectivity index (χ3n) is 4.17. The zero-order valence-electron chi connectivity index (χ0n) is 10.0. The van der Waals surface area contributed by atoms with E-state index in [1.165, 1.54) is 24.8 Å². The van der Waals surface area contributed by atoms with Gasteiger partial charge in [0.05, 0.1) is 6.07 Å². The van der Waals surface area contributed by atoms with Crippen LogP contribution in [-0.2, 0) is 0 Å². The van der Waals surface area contributed by atoms with Gasteiger partial charge in [0.1, 0.15) is 0 Å². The molecule has 3 rings (SSSR count). The average Bonchev–Trinajstić information content (AvgIpc) is 3.24. The van der Waals surface area contributed by atoms with E-state index in [1.54, 1.807) is 0 Å². The summed E-state index contributed by atoms with van der Waals surface area (Å²) in [6.45, 7) is 1.04. The maximum atomic E-state index is 8.77. The summed E-state index contributed by atoms with van der Waals surface area (Å²) in [5.74, 6) is 0.703. The van der Waals surface area contributed by atoms with E-state index in [9.17, 15) is 0 Å². The molecule has 0 amide bonds. The minimum Gasteiger partial charge on any atom is -0.313 e. The Morgan fingerprint density at radius 2 is 2.06 bits per heavy atom. The summed E-state index contributed by atoms with van der Waals surface area (Å²) in [6.07, 6.45) is 4.45. The summed E-state index contributed by atoms with van der Waals surface area (Å²) in [5, 5.41) is 12.4. The molecule has 2 atom stereocenters. The molecule has 1 N–H and O–H groups in total. The molecular formula is C15H18N2. The first-order chi connectivity index (χ1) is 8.33. The molecule has 88 valence electrons. The topological polar surface area (TPSA) is 35.8 Å². The van der Waals surface area contributed by atoms with Gasteiger partial charge in [-0.2, -0.15) is 5.26 Å². The van der Waals surface area contributed by atoms with Crippen molar-refractivity contribution in [2.75, 3.05) is 6.54 Å². The van der Waals surface area contributed by atoms with Crippen LogP contribution in [0.4, 0.5) is 0 Å². The van der Waals surface area contributed by atoms with Gasteiger partial charge >= 0.3 is 0 Å². The first-order valence-corrected chi connectivity index (χ1v) is 6.48. The summed E-state index contributed by atoms with van der Waals surface area (Å²) in [4.78, 5) is 0. The summed E-state index contributed by atoms with van der Waals surface area (Å²) >= 11 is 0. The number of nitrogens with one attached hydrogen (secondary N) is 1. The minimum atomic E-state index is 0.332. The molecule has 2 aliphatic carbocycles. The maximum Gasteiger partial charge on any atom is 0.0628 e. The zero-order chi connectivity index (χ0) is 11.7. The minimum absolute atomic E-state index is 0.332. The molecule has 0 radical (unpaired) electrons. The highest BCUT2D eigenvalue weighted by Crippen LogP contribution is 2.49. The van der Waals surface area contributed by atoms with E-state index < -0.39 is 0 Å². The van der Waals surface area contributed by atoms with Crippen molar-refractivity contribution < 1.29 is 0 Å². The van der Waals surface area contributed by atoms with Crippen molar-refractivity contribution in [3.05, 3.63) is 35.9 Å². The fraction of sp³-hybridized carbons (Fsp3) is 0.533. The summed E-state index contributed by atoms with van der Waals surface area (Å²) in [5.41, 5.74) is 1.79. The van der Waals surface area contributed by atoms with Gasteiger partial charge in [-0.3, -0.25) is 0 Å². The van der Waals surface area contributed by atoms with Crippen LogP contribution in [0.3, 0.4) is 0 Å². The summed E-state index contributed by atoms with van der Waals surface area (Å²) in [7, 11) is 0. The standard InChI is InChI=1S/C15H18N2/c16-9-8-15(6-7-15)11-17-14-10-13(14)12-4-2-1-3-5-12/h1-5,13-14,17H,6-8,10-11H2. The van der Waals surface area contributed by atoms with Crippen molar-refractivity contribution in [3.8, 4) is 6.07 Å². The number of hydrogen-bond donors (Lipinski definition) is 1. The first-order valence-electron chi connectivity index (χ1n) is 6.48. The Kier molecular flexibility index (Phi) is 2.64. The molecule has 2 saturated carbocycles. The third kappa shape index (κ3) is 2.35. The summed E-state index contributed by atoms with van der Waals surface area (Å²) < 4.78 is 0.